The third kappa shape index (κ3) is 3.23. The van der Waals surface area contributed by atoms with Gasteiger partial charge in [0, 0.05) is 32.8 Å². The molecule has 2 N–H and O–H groups in total. The molecule has 0 bridgehead atoms. The summed E-state index contributed by atoms with van der Waals surface area (Å²) in [4.78, 5) is 2.49. The summed E-state index contributed by atoms with van der Waals surface area (Å²) in [6, 6.07) is 0.579. The van der Waals surface area contributed by atoms with Crippen LogP contribution in [0, 0.1) is 0 Å². The van der Waals surface area contributed by atoms with Gasteiger partial charge in [0.1, 0.15) is 0 Å². The van der Waals surface area contributed by atoms with Gasteiger partial charge in [0.05, 0.1) is 6.10 Å². The van der Waals surface area contributed by atoms with Gasteiger partial charge in [0.25, 0.3) is 0 Å². The maximum atomic E-state index is 5.80. The fraction of sp³-hybridized carbons (Fsp3) is 1.00. The van der Waals surface area contributed by atoms with E-state index in [1.807, 2.05) is 0 Å². The smallest absolute Gasteiger partial charge is 0.0710 e. The summed E-state index contributed by atoms with van der Waals surface area (Å²) in [6.07, 6.45) is 5.39. The van der Waals surface area contributed by atoms with Crippen molar-refractivity contribution in [3.05, 3.63) is 0 Å². The van der Waals surface area contributed by atoms with E-state index in [1.165, 1.54) is 25.7 Å². The van der Waals surface area contributed by atoms with E-state index < -0.39 is 0 Å². The van der Waals surface area contributed by atoms with Crippen LogP contribution in [0.5, 0.6) is 0 Å². The highest BCUT2D eigenvalue weighted by Crippen LogP contribution is 2.17. The van der Waals surface area contributed by atoms with Crippen LogP contribution in [0.2, 0.25) is 0 Å². The molecule has 1 heterocycles. The van der Waals surface area contributed by atoms with Gasteiger partial charge in [-0.2, -0.15) is 0 Å². The van der Waals surface area contributed by atoms with Gasteiger partial charge in [-0.05, 0) is 12.8 Å². The molecule has 1 rings (SSSR count). The minimum Gasteiger partial charge on any atom is -0.380 e. The van der Waals surface area contributed by atoms with Crippen molar-refractivity contribution in [1.29, 1.82) is 0 Å². The molecule has 14 heavy (non-hydrogen) atoms. The van der Waals surface area contributed by atoms with Crippen molar-refractivity contribution in [2.75, 3.05) is 26.7 Å². The predicted molar refractivity (Wildman–Crippen MR) is 59.4 cm³/mol. The molecule has 0 spiro atoms. The predicted octanol–water partition coefficient (Wildman–Crippen LogP) is 1.22. The average molecular weight is 200 g/mol. The summed E-state index contributed by atoms with van der Waals surface area (Å²) in [5.41, 5.74) is 5.80. The number of ether oxygens (including phenoxy) is 1. The lowest BCUT2D eigenvalue weighted by atomic mass is 10.1. The Morgan fingerprint density at radius 3 is 2.86 bits per heavy atom. The molecule has 0 amide bonds. The van der Waals surface area contributed by atoms with E-state index >= 15 is 0 Å². The second-order valence-corrected chi connectivity index (χ2v) is 4.17. The van der Waals surface area contributed by atoms with Crippen molar-refractivity contribution < 1.29 is 4.74 Å². The molecule has 0 aromatic heterocycles. The van der Waals surface area contributed by atoms with E-state index in [1.54, 1.807) is 7.11 Å². The topological polar surface area (TPSA) is 38.5 Å². The third-order valence-corrected chi connectivity index (χ3v) is 3.19. The zero-order chi connectivity index (χ0) is 10.4. The molecule has 1 fully saturated rings. The van der Waals surface area contributed by atoms with Crippen molar-refractivity contribution in [1.82, 2.24) is 4.90 Å². The molecule has 84 valence electrons. The van der Waals surface area contributed by atoms with Gasteiger partial charge in [0.2, 0.25) is 0 Å². The van der Waals surface area contributed by atoms with Crippen molar-refractivity contribution in [2.24, 2.45) is 5.73 Å². The molecule has 2 atom stereocenters. The first kappa shape index (κ1) is 12.0. The minimum absolute atomic E-state index is 0.436. The third-order valence-electron chi connectivity index (χ3n) is 3.19. The van der Waals surface area contributed by atoms with Crippen LogP contribution in [0.3, 0.4) is 0 Å². The zero-order valence-electron chi connectivity index (χ0n) is 9.54. The summed E-state index contributed by atoms with van der Waals surface area (Å²) in [5.74, 6) is 0. The van der Waals surface area contributed by atoms with Crippen LogP contribution >= 0.6 is 0 Å². The molecule has 3 heteroatoms. The Labute approximate surface area is 87.6 Å². The Bertz CT molecular complexity index is 152. The summed E-state index contributed by atoms with van der Waals surface area (Å²) >= 11 is 0. The lowest BCUT2D eigenvalue weighted by Crippen LogP contribution is -2.39. The fourth-order valence-electron chi connectivity index (χ4n) is 2.17. The fourth-order valence-corrected chi connectivity index (χ4v) is 2.17. The molecule has 1 aliphatic heterocycles. The molecule has 0 aliphatic carbocycles. The Morgan fingerprint density at radius 2 is 2.36 bits per heavy atom. The molecule has 2 unspecified atom stereocenters. The largest absolute Gasteiger partial charge is 0.380 e. The Kier molecular flexibility index (Phi) is 5.45. The van der Waals surface area contributed by atoms with Crippen LogP contribution in [0.25, 0.3) is 0 Å². The van der Waals surface area contributed by atoms with Gasteiger partial charge < -0.3 is 10.5 Å². The standard InChI is InChI=1S/C11H24N2O/c1-3-4-5-10(8-12)13-7-6-11(9-13)14-2/h10-11H,3-9,12H2,1-2H3. The number of hydrogen-bond acceptors (Lipinski definition) is 3. The maximum absolute atomic E-state index is 5.80. The van der Waals surface area contributed by atoms with Crippen LogP contribution in [0.4, 0.5) is 0 Å². The number of nitrogens with two attached hydrogens (primary N) is 1. The summed E-state index contributed by atoms with van der Waals surface area (Å²) in [7, 11) is 1.80. The molecule has 0 saturated carbocycles. The number of nitrogens with zero attached hydrogens (tertiary/aromatic N) is 1. The number of rotatable bonds is 6. The van der Waals surface area contributed by atoms with E-state index in [0.29, 0.717) is 12.1 Å². The van der Waals surface area contributed by atoms with E-state index in [9.17, 15) is 0 Å². The van der Waals surface area contributed by atoms with Crippen molar-refractivity contribution in [3.63, 3.8) is 0 Å². The average Bonchev–Trinajstić information content (AvgIpc) is 2.68. The van der Waals surface area contributed by atoms with Gasteiger partial charge in [-0.15, -0.1) is 0 Å². The lowest BCUT2D eigenvalue weighted by Gasteiger charge is -2.26. The molecule has 3 nitrogen and oxygen atoms in total. The number of unbranched alkanes of at least 4 members (excludes halogenated alkanes) is 1. The van der Waals surface area contributed by atoms with Gasteiger partial charge in [-0.25, -0.2) is 0 Å². The van der Waals surface area contributed by atoms with Gasteiger partial charge >= 0.3 is 0 Å². The summed E-state index contributed by atoms with van der Waals surface area (Å²) in [6.45, 7) is 5.25. The molecule has 1 aliphatic rings. The summed E-state index contributed by atoms with van der Waals surface area (Å²) < 4.78 is 5.36. The highest BCUT2D eigenvalue weighted by Gasteiger charge is 2.26. The van der Waals surface area contributed by atoms with Gasteiger partial charge in [0.15, 0.2) is 0 Å². The number of likely N-dealkylation sites (tertiary alicyclic amines) is 1. The Hall–Kier alpha value is -0.120. The molecule has 0 radical (unpaired) electrons. The van der Waals surface area contributed by atoms with Crippen LogP contribution in [0.1, 0.15) is 32.6 Å². The highest BCUT2D eigenvalue weighted by molar-refractivity contribution is 4.82. The second-order valence-electron chi connectivity index (χ2n) is 4.17. The maximum Gasteiger partial charge on any atom is 0.0710 e. The SMILES string of the molecule is CCCCC(CN)N1CCC(OC)C1. The van der Waals surface area contributed by atoms with Crippen LogP contribution < -0.4 is 5.73 Å². The molecular weight excluding hydrogens is 176 g/mol. The van der Waals surface area contributed by atoms with Crippen LogP contribution in [-0.2, 0) is 4.74 Å². The molecular formula is C11H24N2O. The highest BCUT2D eigenvalue weighted by atomic mass is 16.5. The van der Waals surface area contributed by atoms with E-state index in [0.717, 1.165) is 19.6 Å². The van der Waals surface area contributed by atoms with Crippen LogP contribution in [0.15, 0.2) is 0 Å². The quantitative estimate of drug-likeness (QED) is 0.701. The first-order valence-corrected chi connectivity index (χ1v) is 5.78. The first-order valence-electron chi connectivity index (χ1n) is 5.78. The van der Waals surface area contributed by atoms with Crippen LogP contribution in [-0.4, -0.2) is 43.8 Å². The van der Waals surface area contributed by atoms with E-state index in [2.05, 4.69) is 11.8 Å². The lowest BCUT2D eigenvalue weighted by molar-refractivity contribution is 0.100. The van der Waals surface area contributed by atoms with Crippen molar-refractivity contribution >= 4 is 0 Å². The monoisotopic (exact) mass is 200 g/mol. The second kappa shape index (κ2) is 6.38. The van der Waals surface area contributed by atoms with Crippen molar-refractivity contribution in [3.8, 4) is 0 Å². The number of methoxy groups -OCH3 is 1. The zero-order valence-corrected chi connectivity index (χ0v) is 9.54. The molecule has 0 aromatic carbocycles. The van der Waals surface area contributed by atoms with E-state index in [-0.39, 0.29) is 0 Å². The van der Waals surface area contributed by atoms with Gasteiger partial charge in [-0.3, -0.25) is 4.90 Å². The Morgan fingerprint density at radius 1 is 1.57 bits per heavy atom. The number of hydrogen-bond donors (Lipinski definition) is 1. The molecule has 0 aromatic rings. The normalized spacial score (nSPS) is 25.5. The summed E-state index contributed by atoms with van der Waals surface area (Å²) in [5, 5.41) is 0. The van der Waals surface area contributed by atoms with E-state index in [4.69, 9.17) is 10.5 Å². The minimum atomic E-state index is 0.436. The van der Waals surface area contributed by atoms with Crippen molar-refractivity contribution in [2.45, 2.75) is 44.8 Å². The van der Waals surface area contributed by atoms with Gasteiger partial charge in [-0.1, -0.05) is 19.8 Å². The Balaban J connectivity index is 2.30. The first-order chi connectivity index (χ1) is 6.81. The molecule has 1 saturated heterocycles.